The quantitative estimate of drug-likeness (QED) is 0.159. The largest absolute Gasteiger partial charge is 0.456 e. The van der Waals surface area contributed by atoms with Gasteiger partial charge in [0.2, 0.25) is 0 Å². The van der Waals surface area contributed by atoms with Crippen molar-refractivity contribution in [3.63, 3.8) is 0 Å². The smallest absolute Gasteiger partial charge is 0.333 e. The highest BCUT2D eigenvalue weighted by atomic mass is 16.3. The van der Waals surface area contributed by atoms with Crippen LogP contribution in [-0.4, -0.2) is 11.4 Å². The molecule has 55 heavy (non-hydrogen) atoms. The maximum absolute atomic E-state index is 6.79. The van der Waals surface area contributed by atoms with E-state index in [1.54, 1.807) is 0 Å². The van der Waals surface area contributed by atoms with Crippen LogP contribution in [0.5, 0.6) is 0 Å². The number of rotatable bonds is 1. The van der Waals surface area contributed by atoms with Gasteiger partial charge in [0.1, 0.15) is 22.3 Å². The van der Waals surface area contributed by atoms with Crippen LogP contribution in [0, 0.1) is 0 Å². The molecule has 0 radical (unpaired) electrons. The number of fused-ring (bicyclic) bond motifs is 15. The molecule has 12 rings (SSSR count). The summed E-state index contributed by atoms with van der Waals surface area (Å²) in [5.74, 6) is 0. The highest BCUT2D eigenvalue weighted by Crippen LogP contribution is 2.48. The molecule has 0 bridgehead atoms. The molecule has 10 aromatic rings. The van der Waals surface area contributed by atoms with Gasteiger partial charge < -0.3 is 18.2 Å². The van der Waals surface area contributed by atoms with Crippen LogP contribution in [0.25, 0.3) is 82.5 Å². The van der Waals surface area contributed by atoms with Crippen molar-refractivity contribution in [1.29, 1.82) is 0 Å². The molecule has 2 aliphatic heterocycles. The van der Waals surface area contributed by atoms with Gasteiger partial charge in [0.05, 0.1) is 16.4 Å². The fourth-order valence-electron chi connectivity index (χ4n) is 9.75. The van der Waals surface area contributed by atoms with Crippen LogP contribution in [0.2, 0.25) is 0 Å². The molecule has 0 atom stereocenters. The first-order valence-electron chi connectivity index (χ1n) is 19.5. The zero-order valence-electron chi connectivity index (χ0n) is 31.9. The van der Waals surface area contributed by atoms with E-state index in [1.165, 1.54) is 61.1 Å². The summed E-state index contributed by atoms with van der Waals surface area (Å²) in [6.07, 6.45) is 0. The van der Waals surface area contributed by atoms with Crippen molar-refractivity contribution in [2.45, 2.75) is 52.4 Å². The van der Waals surface area contributed by atoms with E-state index in [2.05, 4.69) is 178 Å². The van der Waals surface area contributed by atoms with E-state index in [0.29, 0.717) is 0 Å². The highest BCUT2D eigenvalue weighted by Gasteiger charge is 2.45. The van der Waals surface area contributed by atoms with Gasteiger partial charge in [-0.15, -0.1) is 0 Å². The van der Waals surface area contributed by atoms with Crippen LogP contribution in [0.3, 0.4) is 0 Å². The van der Waals surface area contributed by atoms with Crippen molar-refractivity contribution in [3.05, 3.63) is 139 Å². The number of furan rings is 2. The van der Waals surface area contributed by atoms with Crippen molar-refractivity contribution in [2.75, 3.05) is 4.81 Å². The Bertz CT molecular complexity index is 3290. The van der Waals surface area contributed by atoms with Gasteiger partial charge >= 0.3 is 6.85 Å². The van der Waals surface area contributed by atoms with E-state index in [-0.39, 0.29) is 17.7 Å². The van der Waals surface area contributed by atoms with E-state index >= 15 is 0 Å². The Kier molecular flexibility index (Phi) is 5.84. The number of anilines is 2. The fraction of sp³-hybridized carbons (Fsp3) is 0.160. The maximum Gasteiger partial charge on any atom is 0.333 e. The minimum atomic E-state index is -0.109. The molecule has 7 aromatic carbocycles. The van der Waals surface area contributed by atoms with Crippen LogP contribution in [0.15, 0.2) is 136 Å². The van der Waals surface area contributed by atoms with Gasteiger partial charge in [0.15, 0.2) is 0 Å². The zero-order valence-corrected chi connectivity index (χ0v) is 31.9. The lowest BCUT2D eigenvalue weighted by atomic mass is 9.44. The molecule has 0 fully saturated rings. The third-order valence-corrected chi connectivity index (χ3v) is 12.5. The van der Waals surface area contributed by atoms with Crippen LogP contribution in [0.1, 0.15) is 52.7 Å². The topological polar surface area (TPSA) is 34.5 Å². The molecular weight excluding hydrogens is 671 g/mol. The second-order valence-corrected chi connectivity index (χ2v) is 17.7. The summed E-state index contributed by atoms with van der Waals surface area (Å²) in [5.41, 5.74) is 17.4. The molecule has 5 heteroatoms. The molecule has 3 aromatic heterocycles. The number of hydrogen-bond acceptors (Lipinski definition) is 3. The third-order valence-electron chi connectivity index (χ3n) is 12.5. The lowest BCUT2D eigenvalue weighted by molar-refractivity contribution is 0.590. The molecule has 0 saturated carbocycles. The molecule has 0 amide bonds. The summed E-state index contributed by atoms with van der Waals surface area (Å²) < 4.78 is 16.0. The Hall–Kier alpha value is -6.20. The molecule has 5 heterocycles. The summed E-state index contributed by atoms with van der Waals surface area (Å²) in [6, 6.07) is 47.3. The number of para-hydroxylation sites is 2. The van der Waals surface area contributed by atoms with Gasteiger partial charge in [-0.05, 0) is 99.1 Å². The SMILES string of the molecule is CC(C)(C)c1ccc(N2B3c4cc5oc6ccccc6c5cc4-n4c5ccc6c7ccccc7oc6c5c5ccc(c3c54)-c3cc(C(C)(C)C)ccc32)cc1. The summed E-state index contributed by atoms with van der Waals surface area (Å²) in [6.45, 7) is 13.7. The molecule has 0 spiro atoms. The molecular formula is C50H39BN2O2. The Morgan fingerprint density at radius 3 is 1.93 bits per heavy atom. The van der Waals surface area contributed by atoms with Crippen LogP contribution >= 0.6 is 0 Å². The van der Waals surface area contributed by atoms with Gasteiger partial charge in [0, 0.05) is 49.6 Å². The van der Waals surface area contributed by atoms with Crippen molar-refractivity contribution in [1.82, 2.24) is 4.57 Å². The van der Waals surface area contributed by atoms with Gasteiger partial charge in [-0.25, -0.2) is 0 Å². The first-order chi connectivity index (χ1) is 26.5. The fourth-order valence-corrected chi connectivity index (χ4v) is 9.75. The number of aromatic nitrogens is 1. The van der Waals surface area contributed by atoms with Crippen molar-refractivity contribution in [3.8, 4) is 16.8 Å². The predicted molar refractivity (Wildman–Crippen MR) is 232 cm³/mol. The average Bonchev–Trinajstić information content (AvgIpc) is 3.85. The summed E-state index contributed by atoms with van der Waals surface area (Å²) in [4.78, 5) is 2.60. The zero-order chi connectivity index (χ0) is 37.1. The Balaban J connectivity index is 1.27. The van der Waals surface area contributed by atoms with Crippen LogP contribution < -0.4 is 15.7 Å². The average molecular weight is 711 g/mol. The molecule has 0 N–H and O–H groups in total. The monoisotopic (exact) mass is 710 g/mol. The van der Waals surface area contributed by atoms with E-state index in [0.717, 1.165) is 54.8 Å². The Labute approximate surface area is 319 Å². The van der Waals surface area contributed by atoms with Gasteiger partial charge in [0.25, 0.3) is 0 Å². The van der Waals surface area contributed by atoms with E-state index in [9.17, 15) is 0 Å². The van der Waals surface area contributed by atoms with Gasteiger partial charge in [-0.2, -0.15) is 0 Å². The summed E-state index contributed by atoms with van der Waals surface area (Å²) >= 11 is 0. The second-order valence-electron chi connectivity index (χ2n) is 17.7. The maximum atomic E-state index is 6.79. The van der Waals surface area contributed by atoms with Gasteiger partial charge in [-0.3, -0.25) is 0 Å². The number of hydrogen-bond donors (Lipinski definition) is 0. The highest BCUT2D eigenvalue weighted by molar-refractivity contribution is 6.93. The van der Waals surface area contributed by atoms with E-state index in [4.69, 9.17) is 8.83 Å². The lowest BCUT2D eigenvalue weighted by Crippen LogP contribution is -2.60. The second kappa shape index (κ2) is 10.3. The summed E-state index contributed by atoms with van der Waals surface area (Å²) in [5, 5.41) is 6.92. The molecule has 2 aliphatic rings. The Morgan fingerprint density at radius 1 is 0.509 bits per heavy atom. The molecule has 0 unspecified atom stereocenters. The van der Waals surface area contributed by atoms with E-state index < -0.39 is 0 Å². The molecule has 4 nitrogen and oxygen atoms in total. The van der Waals surface area contributed by atoms with Crippen molar-refractivity contribution >= 4 is 94.8 Å². The molecule has 264 valence electrons. The first kappa shape index (κ1) is 31.2. The first-order valence-corrected chi connectivity index (χ1v) is 19.5. The normalized spacial score (nSPS) is 13.9. The molecule has 0 saturated heterocycles. The molecule has 0 aliphatic carbocycles. The minimum Gasteiger partial charge on any atom is -0.456 e. The van der Waals surface area contributed by atoms with Crippen molar-refractivity contribution < 1.29 is 8.83 Å². The van der Waals surface area contributed by atoms with Crippen LogP contribution in [0.4, 0.5) is 11.4 Å². The van der Waals surface area contributed by atoms with Gasteiger partial charge in [-0.1, -0.05) is 108 Å². The Morgan fingerprint density at radius 2 is 1.18 bits per heavy atom. The van der Waals surface area contributed by atoms with Crippen molar-refractivity contribution in [2.24, 2.45) is 0 Å². The van der Waals surface area contributed by atoms with E-state index in [1.807, 2.05) is 0 Å². The van der Waals surface area contributed by atoms with Crippen LogP contribution in [-0.2, 0) is 10.8 Å². The number of benzene rings is 7. The standard InChI is InChI=1S/C50H39BN2O2/c1-49(2,3)28-15-18-30(19-16-28)53-39-23-17-29(50(4,5)6)25-36(39)33-20-21-35-45-40(24-22-34-31-11-7-10-14-43(31)55-48(34)45)52-41-26-37-32-12-8-9-13-42(32)54-44(37)27-38(41)51(53)46(33)47(35)52/h7-27H,1-6H3. The predicted octanol–water partition coefficient (Wildman–Crippen LogP) is 12.4. The third kappa shape index (κ3) is 4.08. The number of nitrogens with zero attached hydrogens (tertiary/aromatic N) is 2. The summed E-state index contributed by atoms with van der Waals surface area (Å²) in [7, 11) is 0. The minimum absolute atomic E-state index is 0.00626. The lowest BCUT2D eigenvalue weighted by Gasteiger charge is -2.42.